The van der Waals surface area contributed by atoms with Crippen molar-refractivity contribution >= 4 is 45.7 Å². The van der Waals surface area contributed by atoms with Crippen LogP contribution in [0.1, 0.15) is 29.7 Å². The number of anilines is 1. The molecule has 0 aliphatic carbocycles. The standard InChI is InChI=1S/C27H25Cl2N5O2/c1-4-25(35)31-24-10-17-14-34(3)8-7-16(17)9-19(24)27-20-11-18(5-6-23(20)32-33-27)36-15(2)26-21(28)12-30-13-22(26)29/h4-6,9-13,15H,1,7-8,14H2,2-3H3,(H,31,35)(H,32,33)/t15-/m1/s1. The van der Waals surface area contributed by atoms with E-state index in [1.165, 1.54) is 17.2 Å². The highest BCUT2D eigenvalue weighted by Crippen LogP contribution is 2.38. The summed E-state index contributed by atoms with van der Waals surface area (Å²) in [5.74, 6) is 0.363. The van der Waals surface area contributed by atoms with Crippen LogP contribution in [0.4, 0.5) is 5.69 Å². The summed E-state index contributed by atoms with van der Waals surface area (Å²) < 4.78 is 6.22. The van der Waals surface area contributed by atoms with Crippen molar-refractivity contribution in [3.05, 3.63) is 82.1 Å². The number of rotatable bonds is 6. The second kappa shape index (κ2) is 9.93. The molecule has 0 saturated heterocycles. The smallest absolute Gasteiger partial charge is 0.247 e. The molecule has 2 aromatic heterocycles. The van der Waals surface area contributed by atoms with Gasteiger partial charge in [-0.25, -0.2) is 0 Å². The Labute approximate surface area is 219 Å². The number of likely N-dealkylation sites (N-methyl/N-ethyl adjacent to an activating group) is 1. The number of nitrogens with one attached hydrogen (secondary N) is 2. The molecular formula is C27H25Cl2N5O2. The number of H-pyrrole nitrogens is 1. The second-order valence-electron chi connectivity index (χ2n) is 8.90. The summed E-state index contributed by atoms with van der Waals surface area (Å²) in [6.45, 7) is 7.28. The van der Waals surface area contributed by atoms with Crippen molar-refractivity contribution in [1.82, 2.24) is 20.1 Å². The largest absolute Gasteiger partial charge is 0.486 e. The fourth-order valence-corrected chi connectivity index (χ4v) is 5.25. The average molecular weight is 522 g/mol. The zero-order chi connectivity index (χ0) is 25.4. The number of pyridine rings is 1. The van der Waals surface area contributed by atoms with Crippen LogP contribution in [0.15, 0.2) is 55.4 Å². The maximum absolute atomic E-state index is 12.3. The van der Waals surface area contributed by atoms with Crippen molar-refractivity contribution in [2.75, 3.05) is 18.9 Å². The number of aromatic nitrogens is 3. The highest BCUT2D eigenvalue weighted by atomic mass is 35.5. The predicted octanol–water partition coefficient (Wildman–Crippen LogP) is 6.18. The molecule has 7 nitrogen and oxygen atoms in total. The predicted molar refractivity (Wildman–Crippen MR) is 144 cm³/mol. The van der Waals surface area contributed by atoms with E-state index in [1.54, 1.807) is 12.4 Å². The molecule has 36 heavy (non-hydrogen) atoms. The number of ether oxygens (including phenoxy) is 1. The number of nitrogens with zero attached hydrogens (tertiary/aromatic N) is 3. The average Bonchev–Trinajstić information content (AvgIpc) is 3.26. The van der Waals surface area contributed by atoms with Gasteiger partial charge in [0, 0.05) is 42.0 Å². The second-order valence-corrected chi connectivity index (χ2v) is 9.72. The van der Waals surface area contributed by atoms with Crippen LogP contribution in [0.3, 0.4) is 0 Å². The first-order valence-electron chi connectivity index (χ1n) is 11.6. The Morgan fingerprint density at radius 1 is 1.22 bits per heavy atom. The Morgan fingerprint density at radius 2 is 2.00 bits per heavy atom. The Bertz CT molecular complexity index is 1460. The lowest BCUT2D eigenvalue weighted by Gasteiger charge is -2.26. The van der Waals surface area contributed by atoms with Gasteiger partial charge in [0.1, 0.15) is 17.5 Å². The molecule has 2 aromatic carbocycles. The van der Waals surface area contributed by atoms with Gasteiger partial charge in [-0.2, -0.15) is 5.10 Å². The van der Waals surface area contributed by atoms with Gasteiger partial charge in [-0.3, -0.25) is 14.9 Å². The first-order chi connectivity index (χ1) is 17.3. The highest BCUT2D eigenvalue weighted by molar-refractivity contribution is 6.35. The van der Waals surface area contributed by atoms with Gasteiger partial charge in [0.05, 0.1) is 21.2 Å². The van der Waals surface area contributed by atoms with Crippen molar-refractivity contribution in [1.29, 1.82) is 0 Å². The molecular weight excluding hydrogens is 497 g/mol. The number of hydrogen-bond donors (Lipinski definition) is 2. The Hall–Kier alpha value is -3.39. The third-order valence-corrected chi connectivity index (χ3v) is 6.99. The van der Waals surface area contributed by atoms with Crippen LogP contribution < -0.4 is 10.1 Å². The van der Waals surface area contributed by atoms with E-state index in [-0.39, 0.29) is 5.91 Å². The number of aromatic amines is 1. The van der Waals surface area contributed by atoms with Crippen molar-refractivity contribution in [2.24, 2.45) is 0 Å². The van der Waals surface area contributed by atoms with E-state index >= 15 is 0 Å². The summed E-state index contributed by atoms with van der Waals surface area (Å²) in [5.41, 5.74) is 6.22. The molecule has 2 N–H and O–H groups in total. The van der Waals surface area contributed by atoms with E-state index in [1.807, 2.05) is 31.2 Å². The topological polar surface area (TPSA) is 83.1 Å². The summed E-state index contributed by atoms with van der Waals surface area (Å²) in [6.07, 6.45) is 4.89. The lowest BCUT2D eigenvalue weighted by Crippen LogP contribution is -2.26. The third-order valence-electron chi connectivity index (χ3n) is 6.39. The number of benzene rings is 2. The normalized spacial score (nSPS) is 14.3. The molecule has 1 amide bonds. The van der Waals surface area contributed by atoms with E-state index in [9.17, 15) is 4.79 Å². The number of hydrogen-bond acceptors (Lipinski definition) is 5. The fourth-order valence-electron chi connectivity index (χ4n) is 4.58. The van der Waals surface area contributed by atoms with Gasteiger partial charge in [0.25, 0.3) is 0 Å². The van der Waals surface area contributed by atoms with E-state index in [0.29, 0.717) is 27.0 Å². The van der Waals surface area contributed by atoms with E-state index in [2.05, 4.69) is 45.1 Å². The quantitative estimate of drug-likeness (QED) is 0.296. The first-order valence-corrected chi connectivity index (χ1v) is 12.3. The van der Waals surface area contributed by atoms with E-state index in [4.69, 9.17) is 27.9 Å². The van der Waals surface area contributed by atoms with Crippen LogP contribution in [0.2, 0.25) is 10.0 Å². The first kappa shape index (κ1) is 24.3. The van der Waals surface area contributed by atoms with Crippen LogP contribution in [-0.4, -0.2) is 39.6 Å². The van der Waals surface area contributed by atoms with E-state index in [0.717, 1.165) is 41.7 Å². The fraction of sp³-hybridized carbons (Fsp3) is 0.222. The molecule has 184 valence electrons. The summed E-state index contributed by atoms with van der Waals surface area (Å²) in [7, 11) is 2.09. The van der Waals surface area contributed by atoms with Gasteiger partial charge in [-0.15, -0.1) is 0 Å². The Kier molecular flexibility index (Phi) is 6.71. The summed E-state index contributed by atoms with van der Waals surface area (Å²) in [6, 6.07) is 9.88. The lowest BCUT2D eigenvalue weighted by atomic mass is 9.94. The van der Waals surface area contributed by atoms with Crippen LogP contribution in [-0.2, 0) is 17.8 Å². The Morgan fingerprint density at radius 3 is 2.75 bits per heavy atom. The number of carbonyl (C=O) groups excluding carboxylic acids is 1. The minimum atomic E-state index is -0.399. The maximum Gasteiger partial charge on any atom is 0.247 e. The molecule has 0 unspecified atom stereocenters. The zero-order valence-corrected chi connectivity index (χ0v) is 21.5. The minimum Gasteiger partial charge on any atom is -0.486 e. The van der Waals surface area contributed by atoms with Crippen LogP contribution in [0, 0.1) is 0 Å². The molecule has 1 aliphatic rings. The molecule has 5 rings (SSSR count). The SMILES string of the molecule is C=CC(=O)Nc1cc2c(cc1-c1n[nH]c3ccc(O[C@H](C)c4c(Cl)cncc4Cl)cc13)CCN(C)C2. The van der Waals surface area contributed by atoms with Gasteiger partial charge >= 0.3 is 0 Å². The van der Waals surface area contributed by atoms with Gasteiger partial charge < -0.3 is 15.0 Å². The number of halogens is 2. The maximum atomic E-state index is 12.3. The van der Waals surface area contributed by atoms with Crippen molar-refractivity contribution in [3.63, 3.8) is 0 Å². The molecule has 3 heterocycles. The van der Waals surface area contributed by atoms with Gasteiger partial charge in [-0.05, 0) is 67.9 Å². The van der Waals surface area contributed by atoms with Gasteiger partial charge in [-0.1, -0.05) is 29.8 Å². The highest BCUT2D eigenvalue weighted by Gasteiger charge is 2.21. The van der Waals surface area contributed by atoms with Crippen LogP contribution in [0.25, 0.3) is 22.2 Å². The van der Waals surface area contributed by atoms with Crippen molar-refractivity contribution in [3.8, 4) is 17.0 Å². The number of carbonyl (C=O) groups is 1. The lowest BCUT2D eigenvalue weighted by molar-refractivity contribution is -0.111. The Balaban J connectivity index is 1.56. The van der Waals surface area contributed by atoms with Gasteiger partial charge in [0.15, 0.2) is 0 Å². The monoisotopic (exact) mass is 521 g/mol. The summed E-state index contributed by atoms with van der Waals surface area (Å²) in [5, 5.41) is 12.4. The van der Waals surface area contributed by atoms with Gasteiger partial charge in [0.2, 0.25) is 5.91 Å². The summed E-state index contributed by atoms with van der Waals surface area (Å²) >= 11 is 12.6. The molecule has 1 aliphatic heterocycles. The summed E-state index contributed by atoms with van der Waals surface area (Å²) in [4.78, 5) is 18.5. The zero-order valence-electron chi connectivity index (χ0n) is 19.9. The molecule has 9 heteroatoms. The van der Waals surface area contributed by atoms with Crippen LogP contribution >= 0.6 is 23.2 Å². The molecule has 1 atom stereocenters. The minimum absolute atomic E-state index is 0.274. The molecule has 0 spiro atoms. The van der Waals surface area contributed by atoms with Crippen molar-refractivity contribution in [2.45, 2.75) is 26.0 Å². The molecule has 0 radical (unpaired) electrons. The molecule has 0 fully saturated rings. The number of fused-ring (bicyclic) bond motifs is 2. The van der Waals surface area contributed by atoms with Crippen molar-refractivity contribution < 1.29 is 9.53 Å². The van der Waals surface area contributed by atoms with E-state index < -0.39 is 6.10 Å². The van der Waals surface area contributed by atoms with Crippen LogP contribution in [0.5, 0.6) is 5.75 Å². The third kappa shape index (κ3) is 4.69. The molecule has 0 bridgehead atoms. The molecule has 0 saturated carbocycles. The number of amides is 1. The molecule has 4 aromatic rings.